The lowest BCUT2D eigenvalue weighted by Gasteiger charge is -2.23. The summed E-state index contributed by atoms with van der Waals surface area (Å²) >= 11 is 0. The molecule has 0 atom stereocenters. The average Bonchev–Trinajstić information content (AvgIpc) is 2.70. The predicted octanol–water partition coefficient (Wildman–Crippen LogP) is 2.85. The molecule has 2 aromatic carbocycles. The van der Waals surface area contributed by atoms with Crippen molar-refractivity contribution in [3.8, 4) is 11.5 Å². The quantitative estimate of drug-likeness (QED) is 0.685. The highest BCUT2D eigenvalue weighted by atomic mass is 16.5. The number of carbonyl (C=O) groups excluding carboxylic acids is 2. The van der Waals surface area contributed by atoms with Crippen molar-refractivity contribution in [3.63, 3.8) is 0 Å². The molecule has 0 aliphatic rings. The molecule has 0 unspecified atom stereocenters. The fourth-order valence-electron chi connectivity index (χ4n) is 3.15. The summed E-state index contributed by atoms with van der Waals surface area (Å²) in [4.78, 5) is 28.3. The average molecular weight is 414 g/mol. The maximum atomic E-state index is 12.6. The highest BCUT2D eigenvalue weighted by Gasteiger charge is 2.17. The van der Waals surface area contributed by atoms with Crippen LogP contribution in [0.1, 0.15) is 16.7 Å². The first-order valence-electron chi connectivity index (χ1n) is 9.75. The number of benzene rings is 2. The molecule has 2 amide bonds. The molecule has 0 spiro atoms. The second kappa shape index (κ2) is 10.6. The number of likely N-dealkylation sites (N-methyl/N-ethyl adjacent to an activating group) is 2. The zero-order chi connectivity index (χ0) is 22.3. The van der Waals surface area contributed by atoms with Gasteiger partial charge in [-0.1, -0.05) is 24.3 Å². The van der Waals surface area contributed by atoms with E-state index in [0.29, 0.717) is 18.0 Å². The summed E-state index contributed by atoms with van der Waals surface area (Å²) in [6.45, 7) is 4.60. The lowest BCUT2D eigenvalue weighted by molar-refractivity contribution is -0.131. The normalized spacial score (nSPS) is 10.6. The maximum Gasteiger partial charge on any atom is 0.238 e. The van der Waals surface area contributed by atoms with Gasteiger partial charge >= 0.3 is 0 Å². The SMILES string of the molecule is COc1cccc(CN(C)C(=O)CN(C)CC(=O)Nc2cccc(C)c2C)c1OC. The first-order chi connectivity index (χ1) is 14.3. The van der Waals surface area contributed by atoms with Gasteiger partial charge in [-0.05, 0) is 44.2 Å². The van der Waals surface area contributed by atoms with Crippen LogP contribution in [0.5, 0.6) is 11.5 Å². The molecule has 0 aliphatic heterocycles. The highest BCUT2D eigenvalue weighted by molar-refractivity contribution is 5.93. The van der Waals surface area contributed by atoms with Gasteiger partial charge in [0, 0.05) is 24.8 Å². The Balaban J connectivity index is 1.92. The molecule has 0 aromatic heterocycles. The summed E-state index contributed by atoms with van der Waals surface area (Å²) < 4.78 is 10.7. The van der Waals surface area contributed by atoms with Crippen LogP contribution in [0.2, 0.25) is 0 Å². The van der Waals surface area contributed by atoms with Gasteiger partial charge in [-0.3, -0.25) is 14.5 Å². The Kier molecular flexibility index (Phi) is 8.24. The van der Waals surface area contributed by atoms with E-state index >= 15 is 0 Å². The van der Waals surface area contributed by atoms with E-state index in [4.69, 9.17) is 9.47 Å². The summed E-state index contributed by atoms with van der Waals surface area (Å²) in [7, 11) is 6.63. The Morgan fingerprint density at radius 3 is 2.33 bits per heavy atom. The second-order valence-corrected chi connectivity index (χ2v) is 7.37. The molecule has 162 valence electrons. The van der Waals surface area contributed by atoms with Crippen LogP contribution >= 0.6 is 0 Å². The van der Waals surface area contributed by atoms with Crippen LogP contribution < -0.4 is 14.8 Å². The van der Waals surface area contributed by atoms with E-state index in [1.54, 1.807) is 38.1 Å². The van der Waals surface area contributed by atoms with E-state index in [0.717, 1.165) is 22.4 Å². The Morgan fingerprint density at radius 2 is 1.67 bits per heavy atom. The number of nitrogens with zero attached hydrogens (tertiary/aromatic N) is 2. The zero-order valence-electron chi connectivity index (χ0n) is 18.6. The van der Waals surface area contributed by atoms with E-state index in [1.807, 2.05) is 50.2 Å². The molecule has 1 N–H and O–H groups in total. The van der Waals surface area contributed by atoms with Crippen LogP contribution in [-0.2, 0) is 16.1 Å². The molecule has 0 saturated carbocycles. The van der Waals surface area contributed by atoms with Gasteiger partial charge in [0.2, 0.25) is 11.8 Å². The molecule has 0 aliphatic carbocycles. The standard InChI is InChI=1S/C23H31N3O4/c1-16-9-7-11-19(17(16)2)24-21(27)14-25(3)15-22(28)26(4)13-18-10-8-12-20(29-5)23(18)30-6/h7-12H,13-15H2,1-6H3,(H,24,27). The first kappa shape index (κ1) is 23.2. The molecule has 30 heavy (non-hydrogen) atoms. The Hall–Kier alpha value is -3.06. The van der Waals surface area contributed by atoms with Crippen LogP contribution in [0.15, 0.2) is 36.4 Å². The molecular formula is C23H31N3O4. The second-order valence-electron chi connectivity index (χ2n) is 7.37. The maximum absolute atomic E-state index is 12.6. The number of methoxy groups -OCH3 is 2. The van der Waals surface area contributed by atoms with Crippen molar-refractivity contribution in [1.29, 1.82) is 0 Å². The lowest BCUT2D eigenvalue weighted by atomic mass is 10.1. The molecule has 0 radical (unpaired) electrons. The van der Waals surface area contributed by atoms with E-state index < -0.39 is 0 Å². The predicted molar refractivity (Wildman–Crippen MR) is 118 cm³/mol. The van der Waals surface area contributed by atoms with E-state index in [2.05, 4.69) is 5.32 Å². The van der Waals surface area contributed by atoms with Crippen LogP contribution in [0.4, 0.5) is 5.69 Å². The third-order valence-corrected chi connectivity index (χ3v) is 5.02. The number of carbonyl (C=O) groups is 2. The molecule has 7 nitrogen and oxygen atoms in total. The molecule has 0 fully saturated rings. The Morgan fingerprint density at radius 1 is 0.967 bits per heavy atom. The first-order valence-corrected chi connectivity index (χ1v) is 9.75. The van der Waals surface area contributed by atoms with Crippen molar-refractivity contribution in [2.24, 2.45) is 0 Å². The van der Waals surface area contributed by atoms with Crippen molar-refractivity contribution >= 4 is 17.5 Å². The van der Waals surface area contributed by atoms with Gasteiger partial charge in [0.25, 0.3) is 0 Å². The van der Waals surface area contributed by atoms with Crippen LogP contribution in [0.25, 0.3) is 0 Å². The molecule has 2 aromatic rings. The van der Waals surface area contributed by atoms with Gasteiger partial charge in [0.05, 0.1) is 27.3 Å². The van der Waals surface area contributed by atoms with Crippen molar-refractivity contribution in [3.05, 3.63) is 53.1 Å². The third kappa shape index (κ3) is 5.97. The topological polar surface area (TPSA) is 71.1 Å². The van der Waals surface area contributed by atoms with Gasteiger partial charge < -0.3 is 19.7 Å². The molecular weight excluding hydrogens is 382 g/mol. The van der Waals surface area contributed by atoms with E-state index in [-0.39, 0.29) is 24.9 Å². The summed E-state index contributed by atoms with van der Waals surface area (Å²) in [5.41, 5.74) is 3.80. The summed E-state index contributed by atoms with van der Waals surface area (Å²) in [6.07, 6.45) is 0. The smallest absolute Gasteiger partial charge is 0.238 e. The van der Waals surface area contributed by atoms with Crippen LogP contribution in [-0.4, -0.2) is 63.0 Å². The number of aryl methyl sites for hydroxylation is 1. The van der Waals surface area contributed by atoms with Gasteiger partial charge in [-0.15, -0.1) is 0 Å². The number of ether oxygens (including phenoxy) is 2. The number of amides is 2. The van der Waals surface area contributed by atoms with Crippen molar-refractivity contribution in [2.45, 2.75) is 20.4 Å². The number of anilines is 1. The monoisotopic (exact) mass is 413 g/mol. The largest absolute Gasteiger partial charge is 0.493 e. The minimum atomic E-state index is -0.156. The van der Waals surface area contributed by atoms with Gasteiger partial charge in [-0.25, -0.2) is 0 Å². The Labute approximate surface area is 178 Å². The summed E-state index contributed by atoms with van der Waals surface area (Å²) in [5.74, 6) is 0.981. The molecule has 2 rings (SSSR count). The van der Waals surface area contributed by atoms with Gasteiger partial charge in [0.1, 0.15) is 0 Å². The lowest BCUT2D eigenvalue weighted by Crippen LogP contribution is -2.39. The number of nitrogens with one attached hydrogen (secondary N) is 1. The molecule has 7 heteroatoms. The van der Waals surface area contributed by atoms with Crippen molar-refractivity contribution in [1.82, 2.24) is 9.80 Å². The van der Waals surface area contributed by atoms with E-state index in [9.17, 15) is 9.59 Å². The summed E-state index contributed by atoms with van der Waals surface area (Å²) in [6, 6.07) is 11.4. The van der Waals surface area contributed by atoms with Crippen molar-refractivity contribution < 1.29 is 19.1 Å². The van der Waals surface area contributed by atoms with E-state index in [1.165, 1.54) is 0 Å². The summed E-state index contributed by atoms with van der Waals surface area (Å²) in [5, 5.41) is 2.92. The fourth-order valence-corrected chi connectivity index (χ4v) is 3.15. The number of para-hydroxylation sites is 1. The molecule has 0 heterocycles. The van der Waals surface area contributed by atoms with Gasteiger partial charge in [-0.2, -0.15) is 0 Å². The highest BCUT2D eigenvalue weighted by Crippen LogP contribution is 2.31. The van der Waals surface area contributed by atoms with Crippen molar-refractivity contribution in [2.75, 3.05) is 46.7 Å². The van der Waals surface area contributed by atoms with Crippen LogP contribution in [0.3, 0.4) is 0 Å². The molecule has 0 bridgehead atoms. The Bertz CT molecular complexity index is 898. The zero-order valence-corrected chi connectivity index (χ0v) is 18.6. The minimum Gasteiger partial charge on any atom is -0.493 e. The van der Waals surface area contributed by atoms with Gasteiger partial charge in [0.15, 0.2) is 11.5 Å². The third-order valence-electron chi connectivity index (χ3n) is 5.02. The fraction of sp³-hybridized carbons (Fsp3) is 0.391. The number of hydrogen-bond acceptors (Lipinski definition) is 5. The number of hydrogen-bond donors (Lipinski definition) is 1. The van der Waals surface area contributed by atoms with Crippen LogP contribution in [0, 0.1) is 13.8 Å². The number of rotatable bonds is 9. The molecule has 0 saturated heterocycles. The minimum absolute atomic E-state index is 0.0955.